The quantitative estimate of drug-likeness (QED) is 0.370. The van der Waals surface area contributed by atoms with Crippen LogP contribution in [0.2, 0.25) is 0 Å². The van der Waals surface area contributed by atoms with Gasteiger partial charge in [-0.1, -0.05) is 29.8 Å². The van der Waals surface area contributed by atoms with Gasteiger partial charge in [-0.05, 0) is 35.0 Å². The SMILES string of the molecule is Cc1ccc(C(=O)CCC(=O)OCC(=O)Nc2cc3[nH]c(=O)[nH]c3cc2Br)cc1. The molecule has 9 heteroatoms. The van der Waals surface area contributed by atoms with Crippen LogP contribution in [-0.2, 0) is 14.3 Å². The molecule has 3 aromatic rings. The van der Waals surface area contributed by atoms with E-state index in [0.717, 1.165) is 5.56 Å². The van der Waals surface area contributed by atoms with Crippen molar-refractivity contribution in [3.8, 4) is 0 Å². The maximum absolute atomic E-state index is 12.1. The maximum Gasteiger partial charge on any atom is 0.323 e. The molecule has 8 nitrogen and oxygen atoms in total. The van der Waals surface area contributed by atoms with Crippen molar-refractivity contribution >= 4 is 50.3 Å². The molecule has 0 unspecified atom stereocenters. The first-order valence-corrected chi connectivity index (χ1v) is 9.58. The standard InChI is InChI=1S/C20H18BrN3O5/c1-11-2-4-12(5-3-11)17(25)6-7-19(27)29-10-18(26)22-14-9-16-15(8-13(14)21)23-20(28)24-16/h2-5,8-9H,6-7,10H2,1H3,(H,22,26)(H2,23,24,28). The Morgan fingerprint density at radius 3 is 2.38 bits per heavy atom. The number of aryl methyl sites for hydroxylation is 1. The van der Waals surface area contributed by atoms with Gasteiger partial charge >= 0.3 is 11.7 Å². The highest BCUT2D eigenvalue weighted by Crippen LogP contribution is 2.26. The number of imidazole rings is 1. The van der Waals surface area contributed by atoms with Crippen LogP contribution in [0.1, 0.15) is 28.8 Å². The van der Waals surface area contributed by atoms with E-state index >= 15 is 0 Å². The lowest BCUT2D eigenvalue weighted by molar-refractivity contribution is -0.147. The number of hydrogen-bond donors (Lipinski definition) is 3. The number of H-pyrrole nitrogens is 2. The van der Waals surface area contributed by atoms with E-state index in [1.807, 2.05) is 19.1 Å². The number of amides is 1. The van der Waals surface area contributed by atoms with Crippen molar-refractivity contribution in [2.24, 2.45) is 0 Å². The smallest absolute Gasteiger partial charge is 0.323 e. The predicted molar refractivity (Wildman–Crippen MR) is 111 cm³/mol. The topological polar surface area (TPSA) is 121 Å². The van der Waals surface area contributed by atoms with Crippen molar-refractivity contribution in [2.75, 3.05) is 11.9 Å². The Morgan fingerprint density at radius 1 is 1.03 bits per heavy atom. The summed E-state index contributed by atoms with van der Waals surface area (Å²) < 4.78 is 5.49. The molecule has 0 aliphatic rings. The van der Waals surface area contributed by atoms with Gasteiger partial charge in [0.25, 0.3) is 5.91 Å². The number of carbonyl (C=O) groups is 3. The lowest BCUT2D eigenvalue weighted by Gasteiger charge is -2.08. The van der Waals surface area contributed by atoms with Gasteiger partial charge in [0.2, 0.25) is 0 Å². The second kappa shape index (κ2) is 8.87. The lowest BCUT2D eigenvalue weighted by atomic mass is 10.1. The molecule has 0 saturated carbocycles. The van der Waals surface area contributed by atoms with E-state index in [1.54, 1.807) is 24.3 Å². The highest BCUT2D eigenvalue weighted by atomic mass is 79.9. The number of ketones is 1. The molecular weight excluding hydrogens is 442 g/mol. The number of esters is 1. The van der Waals surface area contributed by atoms with E-state index in [4.69, 9.17) is 4.74 Å². The summed E-state index contributed by atoms with van der Waals surface area (Å²) in [5.74, 6) is -1.34. The van der Waals surface area contributed by atoms with Crippen molar-refractivity contribution in [1.82, 2.24) is 9.97 Å². The Hall–Kier alpha value is -3.20. The third-order valence-electron chi connectivity index (χ3n) is 4.17. The molecule has 0 saturated heterocycles. The van der Waals surface area contributed by atoms with Crippen LogP contribution in [0, 0.1) is 6.92 Å². The van der Waals surface area contributed by atoms with Gasteiger partial charge in [-0.3, -0.25) is 14.4 Å². The number of benzene rings is 2. The van der Waals surface area contributed by atoms with Crippen molar-refractivity contribution in [3.05, 3.63) is 62.5 Å². The fraction of sp³-hybridized carbons (Fsp3) is 0.200. The number of aromatic nitrogens is 2. The van der Waals surface area contributed by atoms with Gasteiger partial charge in [0.15, 0.2) is 12.4 Å². The Labute approximate surface area is 173 Å². The van der Waals surface area contributed by atoms with E-state index in [9.17, 15) is 19.2 Å². The number of hydrogen-bond acceptors (Lipinski definition) is 5. The minimum atomic E-state index is -0.634. The number of carbonyl (C=O) groups excluding carboxylic acids is 3. The van der Waals surface area contributed by atoms with Crippen molar-refractivity contribution in [2.45, 2.75) is 19.8 Å². The Bertz CT molecular complexity index is 1130. The number of ether oxygens (including phenoxy) is 1. The molecule has 0 radical (unpaired) electrons. The lowest BCUT2D eigenvalue weighted by Crippen LogP contribution is -2.21. The van der Waals surface area contributed by atoms with Gasteiger partial charge in [-0.2, -0.15) is 0 Å². The third kappa shape index (κ3) is 5.41. The molecule has 1 heterocycles. The zero-order chi connectivity index (χ0) is 21.0. The van der Waals surface area contributed by atoms with E-state index in [0.29, 0.717) is 26.8 Å². The average molecular weight is 460 g/mol. The highest BCUT2D eigenvalue weighted by molar-refractivity contribution is 9.10. The van der Waals surface area contributed by atoms with Crippen LogP contribution in [0.25, 0.3) is 11.0 Å². The predicted octanol–water partition coefficient (Wildman–Crippen LogP) is 3.07. The van der Waals surface area contributed by atoms with Gasteiger partial charge in [0.1, 0.15) is 0 Å². The summed E-state index contributed by atoms with van der Waals surface area (Å²) in [6, 6.07) is 10.3. The summed E-state index contributed by atoms with van der Waals surface area (Å²) in [7, 11) is 0. The number of Topliss-reactive ketones (excluding diaryl/α,β-unsaturated/α-hetero) is 1. The largest absolute Gasteiger partial charge is 0.456 e. The van der Waals surface area contributed by atoms with Crippen molar-refractivity contribution in [3.63, 3.8) is 0 Å². The second-order valence-electron chi connectivity index (χ2n) is 6.45. The average Bonchev–Trinajstić information content (AvgIpc) is 3.04. The van der Waals surface area contributed by atoms with Gasteiger partial charge < -0.3 is 20.0 Å². The van der Waals surface area contributed by atoms with Gasteiger partial charge in [-0.25, -0.2) is 4.79 Å². The number of halogens is 1. The first-order valence-electron chi connectivity index (χ1n) is 8.79. The van der Waals surface area contributed by atoms with Crippen LogP contribution >= 0.6 is 15.9 Å². The van der Waals surface area contributed by atoms with Crippen LogP contribution in [0.3, 0.4) is 0 Å². The molecule has 0 spiro atoms. The molecule has 0 aliphatic heterocycles. The minimum Gasteiger partial charge on any atom is -0.456 e. The van der Waals surface area contributed by atoms with E-state index < -0.39 is 18.5 Å². The van der Waals surface area contributed by atoms with Gasteiger partial charge in [-0.15, -0.1) is 0 Å². The van der Waals surface area contributed by atoms with Crippen LogP contribution in [0.4, 0.5) is 5.69 Å². The molecule has 0 atom stereocenters. The van der Waals surface area contributed by atoms with Crippen LogP contribution in [0.5, 0.6) is 0 Å². The zero-order valence-electron chi connectivity index (χ0n) is 15.5. The summed E-state index contributed by atoms with van der Waals surface area (Å²) in [6.07, 6.45) is -0.104. The van der Waals surface area contributed by atoms with E-state index in [-0.39, 0.29) is 24.3 Å². The van der Waals surface area contributed by atoms with Crippen molar-refractivity contribution in [1.29, 1.82) is 0 Å². The van der Waals surface area contributed by atoms with E-state index in [2.05, 4.69) is 31.2 Å². The summed E-state index contributed by atoms with van der Waals surface area (Å²) in [5, 5.41) is 2.60. The summed E-state index contributed by atoms with van der Waals surface area (Å²) in [6.45, 7) is 1.44. The third-order valence-corrected chi connectivity index (χ3v) is 4.83. The molecule has 0 bridgehead atoms. The Kier molecular flexibility index (Phi) is 6.28. The van der Waals surface area contributed by atoms with Crippen molar-refractivity contribution < 1.29 is 19.1 Å². The molecule has 29 heavy (non-hydrogen) atoms. The molecule has 1 amide bonds. The summed E-state index contributed by atoms with van der Waals surface area (Å²) >= 11 is 3.31. The molecule has 150 valence electrons. The maximum atomic E-state index is 12.1. The number of aromatic amines is 2. The number of fused-ring (bicyclic) bond motifs is 1. The van der Waals surface area contributed by atoms with Crippen LogP contribution < -0.4 is 11.0 Å². The summed E-state index contributed by atoms with van der Waals surface area (Å²) in [5.41, 5.74) is 2.75. The molecule has 3 N–H and O–H groups in total. The van der Waals surface area contributed by atoms with Gasteiger partial charge in [0.05, 0.1) is 23.1 Å². The Morgan fingerprint density at radius 2 is 1.69 bits per heavy atom. The van der Waals surface area contributed by atoms with Crippen LogP contribution in [0.15, 0.2) is 45.7 Å². The normalized spacial score (nSPS) is 10.7. The van der Waals surface area contributed by atoms with Crippen LogP contribution in [-0.4, -0.2) is 34.2 Å². The molecule has 2 aromatic carbocycles. The molecule has 0 aliphatic carbocycles. The molecular formula is C20H18BrN3O5. The molecule has 1 aromatic heterocycles. The van der Waals surface area contributed by atoms with E-state index in [1.165, 1.54) is 0 Å². The molecule has 3 rings (SSSR count). The molecule has 0 fully saturated rings. The Balaban J connectivity index is 1.48. The number of anilines is 1. The second-order valence-corrected chi connectivity index (χ2v) is 7.31. The number of nitrogens with one attached hydrogen (secondary N) is 3. The minimum absolute atomic E-state index is 0.00653. The highest BCUT2D eigenvalue weighted by Gasteiger charge is 2.13. The zero-order valence-corrected chi connectivity index (χ0v) is 17.1. The number of rotatable bonds is 7. The van der Waals surface area contributed by atoms with Gasteiger partial charge in [0, 0.05) is 16.5 Å². The monoisotopic (exact) mass is 459 g/mol. The first-order chi connectivity index (χ1) is 13.8. The fourth-order valence-corrected chi connectivity index (χ4v) is 3.10. The first kappa shape index (κ1) is 20.5. The fourth-order valence-electron chi connectivity index (χ4n) is 2.66. The summed E-state index contributed by atoms with van der Waals surface area (Å²) in [4.78, 5) is 52.5.